The first-order valence-electron chi connectivity index (χ1n) is 3.80. The Morgan fingerprint density at radius 2 is 2.36 bits per heavy atom. The zero-order valence-electron chi connectivity index (χ0n) is 7.16. The summed E-state index contributed by atoms with van der Waals surface area (Å²) < 4.78 is 0. The van der Waals surface area contributed by atoms with E-state index >= 15 is 0 Å². The van der Waals surface area contributed by atoms with Crippen LogP contribution in [0.5, 0.6) is 0 Å². The molecule has 2 atom stereocenters. The summed E-state index contributed by atoms with van der Waals surface area (Å²) >= 11 is 0. The van der Waals surface area contributed by atoms with E-state index in [9.17, 15) is 4.79 Å². The average Bonchev–Trinajstić information content (AvgIpc) is 2.10. The minimum Gasteiger partial charge on any atom is -0.575 e. The molecule has 64 valence electrons. The third kappa shape index (κ3) is 2.17. The van der Waals surface area contributed by atoms with Crippen LogP contribution >= 0.6 is 0 Å². The van der Waals surface area contributed by atoms with E-state index in [1.165, 1.54) is 6.92 Å². The van der Waals surface area contributed by atoms with Gasteiger partial charge in [0.15, 0.2) is 0 Å². The van der Waals surface area contributed by atoms with Crippen molar-refractivity contribution < 1.29 is 4.79 Å². The molecule has 1 aliphatic rings. The molecule has 0 spiro atoms. The molecule has 1 heterocycles. The molecule has 11 heavy (non-hydrogen) atoms. The molecule has 0 radical (unpaired) electrons. The smallest absolute Gasteiger partial charge is 0.215 e. The maximum absolute atomic E-state index is 10.6. The quantitative estimate of drug-likeness (QED) is 0.599. The van der Waals surface area contributed by atoms with Crippen molar-refractivity contribution in [1.29, 1.82) is 0 Å². The van der Waals surface area contributed by atoms with Crippen molar-refractivity contribution in [1.82, 2.24) is 10.3 Å². The summed E-state index contributed by atoms with van der Waals surface area (Å²) in [6, 6.07) is 0.437. The molecular weight excluding hydrogens is 142 g/mol. The predicted octanol–water partition coefficient (Wildman–Crippen LogP) is 0.461. The Morgan fingerprint density at radius 1 is 1.73 bits per heavy atom. The highest BCUT2D eigenvalue weighted by Crippen LogP contribution is 2.21. The van der Waals surface area contributed by atoms with Crippen LogP contribution in [0, 0.1) is 0 Å². The fourth-order valence-corrected chi connectivity index (χ4v) is 1.18. The van der Waals surface area contributed by atoms with E-state index in [0.717, 1.165) is 6.42 Å². The van der Waals surface area contributed by atoms with E-state index in [2.05, 4.69) is 17.7 Å². The molecule has 4 heteroatoms. The second-order valence-corrected chi connectivity index (χ2v) is 2.99. The minimum absolute atomic E-state index is 0.00694. The van der Waals surface area contributed by atoms with Gasteiger partial charge in [-0.25, -0.2) is 0 Å². The molecule has 0 bridgehead atoms. The maximum atomic E-state index is 10.6. The topological polar surface area (TPSA) is 46.4 Å². The lowest BCUT2D eigenvalue weighted by Gasteiger charge is -2.31. The summed E-state index contributed by atoms with van der Waals surface area (Å²) in [6.45, 7) is 3.60. The zero-order chi connectivity index (χ0) is 8.43. The first kappa shape index (κ1) is 8.49. The highest BCUT2D eigenvalue weighted by atomic mass is 16.1. The summed E-state index contributed by atoms with van der Waals surface area (Å²) in [6.07, 6.45) is 0.906. The number of rotatable bonds is 1. The Balaban J connectivity index is 2.35. The fraction of sp³-hybridized carbons (Fsp3) is 0.857. The highest BCUT2D eigenvalue weighted by molar-refractivity contribution is 5.73. The molecule has 0 aromatic carbocycles. The van der Waals surface area contributed by atoms with E-state index in [1.807, 2.05) is 12.1 Å². The summed E-state index contributed by atoms with van der Waals surface area (Å²) in [5.41, 5.74) is 4.21. The number of carbonyl (C=O) groups excluding carboxylic acids is 1. The fourth-order valence-electron chi connectivity index (χ4n) is 1.18. The van der Waals surface area contributed by atoms with Crippen LogP contribution in [0.4, 0.5) is 0 Å². The Hall–Kier alpha value is -0.610. The van der Waals surface area contributed by atoms with E-state index < -0.39 is 0 Å². The van der Waals surface area contributed by atoms with Gasteiger partial charge in [-0.05, 0) is 25.7 Å². The van der Waals surface area contributed by atoms with Gasteiger partial charge in [0.05, 0.1) is 0 Å². The monoisotopic (exact) mass is 156 g/mol. The molecular formula is C7H14N3O-. The number of nitrogens with one attached hydrogen (secondary N) is 1. The third-order valence-corrected chi connectivity index (χ3v) is 1.89. The van der Waals surface area contributed by atoms with Crippen molar-refractivity contribution in [2.45, 2.75) is 32.5 Å². The number of hydrogen-bond acceptors (Lipinski definition) is 2. The van der Waals surface area contributed by atoms with Crippen molar-refractivity contribution in [2.75, 3.05) is 7.05 Å². The van der Waals surface area contributed by atoms with Crippen LogP contribution in [0.3, 0.4) is 0 Å². The normalized spacial score (nSPS) is 32.3. The molecule has 1 rings (SSSR count). The van der Waals surface area contributed by atoms with Crippen LogP contribution in [0.2, 0.25) is 0 Å². The molecule has 4 nitrogen and oxygen atoms in total. The number of carbonyl (C=O) groups is 1. The van der Waals surface area contributed by atoms with Gasteiger partial charge in [-0.1, -0.05) is 6.92 Å². The molecule has 2 unspecified atom stereocenters. The molecule has 1 saturated heterocycles. The number of nitrogens with zero attached hydrogens (tertiary/aromatic N) is 2. The lowest BCUT2D eigenvalue weighted by atomic mass is 10.2. The third-order valence-electron chi connectivity index (χ3n) is 1.89. The van der Waals surface area contributed by atoms with Crippen LogP contribution in [0.15, 0.2) is 0 Å². The van der Waals surface area contributed by atoms with Crippen molar-refractivity contribution in [3.05, 3.63) is 5.43 Å². The zero-order valence-corrected chi connectivity index (χ0v) is 7.16. The van der Waals surface area contributed by atoms with Crippen molar-refractivity contribution in [3.8, 4) is 0 Å². The summed E-state index contributed by atoms with van der Waals surface area (Å²) in [5, 5.41) is 4.64. The average molecular weight is 156 g/mol. The van der Waals surface area contributed by atoms with Crippen molar-refractivity contribution in [2.24, 2.45) is 0 Å². The van der Waals surface area contributed by atoms with Gasteiger partial charge < -0.3 is 15.8 Å². The van der Waals surface area contributed by atoms with Gasteiger partial charge in [0.25, 0.3) is 0 Å². The first-order chi connectivity index (χ1) is 5.09. The SMILES string of the molecule is CC(=O)NC1CC(C)N(C)[N-]1. The number of amides is 1. The Bertz CT molecular complexity index is 150. The summed E-state index contributed by atoms with van der Waals surface area (Å²) in [5.74, 6) is -0.0127. The number of hydrogen-bond donors (Lipinski definition) is 1. The van der Waals surface area contributed by atoms with Gasteiger partial charge in [0.2, 0.25) is 5.91 Å². The predicted molar refractivity (Wildman–Crippen MR) is 42.8 cm³/mol. The van der Waals surface area contributed by atoms with Gasteiger partial charge in [-0.3, -0.25) is 4.79 Å². The van der Waals surface area contributed by atoms with E-state index in [-0.39, 0.29) is 12.1 Å². The lowest BCUT2D eigenvalue weighted by Crippen LogP contribution is -2.30. The van der Waals surface area contributed by atoms with Crippen LogP contribution in [0.25, 0.3) is 5.43 Å². The maximum Gasteiger partial charge on any atom is 0.215 e. The Morgan fingerprint density at radius 3 is 2.73 bits per heavy atom. The molecule has 1 N–H and O–H groups in total. The Kier molecular flexibility index (Phi) is 2.46. The first-order valence-corrected chi connectivity index (χ1v) is 3.80. The van der Waals surface area contributed by atoms with Gasteiger partial charge in [-0.2, -0.15) is 0 Å². The van der Waals surface area contributed by atoms with Crippen LogP contribution in [-0.2, 0) is 4.79 Å². The highest BCUT2D eigenvalue weighted by Gasteiger charge is 2.15. The van der Waals surface area contributed by atoms with Gasteiger partial charge in [0.1, 0.15) is 0 Å². The van der Waals surface area contributed by atoms with Gasteiger partial charge >= 0.3 is 0 Å². The summed E-state index contributed by atoms with van der Waals surface area (Å²) in [4.78, 5) is 10.6. The van der Waals surface area contributed by atoms with Crippen LogP contribution in [-0.4, -0.2) is 30.2 Å². The van der Waals surface area contributed by atoms with Crippen LogP contribution < -0.4 is 5.32 Å². The minimum atomic E-state index is -0.0127. The molecule has 0 aromatic rings. The van der Waals surface area contributed by atoms with E-state index in [1.54, 1.807) is 0 Å². The largest absolute Gasteiger partial charge is 0.575 e. The second kappa shape index (κ2) is 3.19. The lowest BCUT2D eigenvalue weighted by molar-refractivity contribution is -0.119. The van der Waals surface area contributed by atoms with E-state index in [0.29, 0.717) is 6.04 Å². The molecule has 1 aliphatic heterocycles. The van der Waals surface area contributed by atoms with Crippen LogP contribution in [0.1, 0.15) is 20.3 Å². The second-order valence-electron chi connectivity index (χ2n) is 2.99. The van der Waals surface area contributed by atoms with Gasteiger partial charge in [-0.15, -0.1) is 0 Å². The van der Waals surface area contributed by atoms with Crippen molar-refractivity contribution in [3.63, 3.8) is 0 Å². The van der Waals surface area contributed by atoms with Crippen molar-refractivity contribution >= 4 is 5.91 Å². The Labute approximate surface area is 66.9 Å². The standard InChI is InChI=1S/C7H14N3O/c1-5-4-7(8-6(2)11)9-10(5)3/h5,7H,4H2,1-3H3,(H,8,11)/q-1. The molecule has 0 aliphatic carbocycles. The summed E-state index contributed by atoms with van der Waals surface area (Å²) in [7, 11) is 1.92. The molecule has 0 aromatic heterocycles. The molecule has 1 fully saturated rings. The molecule has 1 amide bonds. The van der Waals surface area contributed by atoms with Gasteiger partial charge in [0, 0.05) is 6.92 Å². The van der Waals surface area contributed by atoms with E-state index in [4.69, 9.17) is 0 Å². The molecule has 0 saturated carbocycles.